The molecule has 0 unspecified atom stereocenters. The molecule has 2 aromatic rings. The predicted molar refractivity (Wildman–Crippen MR) is 95.6 cm³/mol. The third kappa shape index (κ3) is 5.34. The van der Waals surface area contributed by atoms with E-state index < -0.39 is 0 Å². The van der Waals surface area contributed by atoms with Crippen LogP contribution in [0.3, 0.4) is 0 Å². The highest BCUT2D eigenvalue weighted by atomic mass is 16.5. The maximum Gasteiger partial charge on any atom is 0.273 e. The van der Waals surface area contributed by atoms with Gasteiger partial charge in [0.15, 0.2) is 23.0 Å². The van der Waals surface area contributed by atoms with Crippen LogP contribution in [-0.4, -0.2) is 29.6 Å². The topological polar surface area (TPSA) is 99.4 Å². The number of anilines is 1. The van der Waals surface area contributed by atoms with Gasteiger partial charge in [0.25, 0.3) is 5.91 Å². The van der Waals surface area contributed by atoms with E-state index in [0.29, 0.717) is 30.6 Å². The lowest BCUT2D eigenvalue weighted by Gasteiger charge is -2.13. The van der Waals surface area contributed by atoms with Crippen molar-refractivity contribution >= 4 is 11.7 Å². The highest BCUT2D eigenvalue weighted by molar-refractivity contribution is 5.96. The fraction of sp³-hybridized carbons (Fsp3) is 0.389. The standard InChI is InChI=1S/C18H24N4O3/c1-12(2)6-9-25-14-5-4-13(10-15(14)24-3)11-22-18(23)16-17(19)21-8-7-20-16/h4-5,7-8,10,12H,6,9,11H2,1-3H3,(H2,19,21)(H,22,23). The van der Waals surface area contributed by atoms with Gasteiger partial charge in [-0.15, -0.1) is 0 Å². The fourth-order valence-electron chi connectivity index (χ4n) is 2.14. The summed E-state index contributed by atoms with van der Waals surface area (Å²) in [5.41, 5.74) is 6.65. The molecule has 3 N–H and O–H groups in total. The molecule has 0 radical (unpaired) electrons. The Hall–Kier alpha value is -2.83. The van der Waals surface area contributed by atoms with E-state index in [0.717, 1.165) is 12.0 Å². The minimum atomic E-state index is -0.373. The molecule has 0 aliphatic carbocycles. The van der Waals surface area contributed by atoms with E-state index >= 15 is 0 Å². The highest BCUT2D eigenvalue weighted by Gasteiger charge is 2.12. The molecule has 0 bridgehead atoms. The molecule has 1 aromatic carbocycles. The van der Waals surface area contributed by atoms with E-state index in [1.807, 2.05) is 18.2 Å². The van der Waals surface area contributed by atoms with Gasteiger partial charge in [0.2, 0.25) is 0 Å². The van der Waals surface area contributed by atoms with Crippen LogP contribution in [0.4, 0.5) is 5.82 Å². The summed E-state index contributed by atoms with van der Waals surface area (Å²) in [4.78, 5) is 19.9. The molecule has 1 heterocycles. The number of hydrogen-bond acceptors (Lipinski definition) is 6. The first-order valence-corrected chi connectivity index (χ1v) is 8.15. The van der Waals surface area contributed by atoms with E-state index in [2.05, 4.69) is 29.1 Å². The van der Waals surface area contributed by atoms with Gasteiger partial charge in [0.1, 0.15) is 0 Å². The third-order valence-electron chi connectivity index (χ3n) is 3.58. The van der Waals surface area contributed by atoms with Crippen molar-refractivity contribution in [2.75, 3.05) is 19.5 Å². The summed E-state index contributed by atoms with van der Waals surface area (Å²) in [6, 6.07) is 5.57. The number of hydrogen-bond donors (Lipinski definition) is 2. The number of ether oxygens (including phenoxy) is 2. The number of nitrogens with zero attached hydrogens (tertiary/aromatic N) is 2. The molecule has 1 aromatic heterocycles. The van der Waals surface area contributed by atoms with Gasteiger partial charge in [-0.3, -0.25) is 4.79 Å². The largest absolute Gasteiger partial charge is 0.493 e. The Labute approximate surface area is 147 Å². The molecular weight excluding hydrogens is 320 g/mol. The molecule has 0 fully saturated rings. The Morgan fingerprint density at radius 3 is 2.68 bits per heavy atom. The highest BCUT2D eigenvalue weighted by Crippen LogP contribution is 2.28. The molecule has 0 aliphatic heterocycles. The van der Waals surface area contributed by atoms with E-state index in [1.165, 1.54) is 12.4 Å². The molecule has 2 rings (SSSR count). The lowest BCUT2D eigenvalue weighted by molar-refractivity contribution is 0.0946. The number of carbonyl (C=O) groups is 1. The van der Waals surface area contributed by atoms with Crippen LogP contribution in [0, 0.1) is 5.92 Å². The van der Waals surface area contributed by atoms with Gasteiger partial charge in [0.05, 0.1) is 13.7 Å². The Kier molecular flexibility index (Phi) is 6.56. The fourth-order valence-corrected chi connectivity index (χ4v) is 2.14. The summed E-state index contributed by atoms with van der Waals surface area (Å²) in [5, 5.41) is 2.77. The molecule has 0 saturated carbocycles. The van der Waals surface area contributed by atoms with Gasteiger partial charge in [-0.1, -0.05) is 19.9 Å². The van der Waals surface area contributed by atoms with Gasteiger partial charge in [0, 0.05) is 18.9 Å². The number of nitrogen functional groups attached to an aromatic ring is 1. The summed E-state index contributed by atoms with van der Waals surface area (Å²) >= 11 is 0. The van der Waals surface area contributed by atoms with Crippen molar-refractivity contribution in [1.82, 2.24) is 15.3 Å². The third-order valence-corrected chi connectivity index (χ3v) is 3.58. The molecule has 0 spiro atoms. The molecule has 0 saturated heterocycles. The van der Waals surface area contributed by atoms with E-state index in [-0.39, 0.29) is 17.4 Å². The first kappa shape index (κ1) is 18.5. The summed E-state index contributed by atoms with van der Waals surface area (Å²) in [6.07, 6.45) is 3.84. The zero-order valence-electron chi connectivity index (χ0n) is 14.8. The minimum absolute atomic E-state index is 0.103. The summed E-state index contributed by atoms with van der Waals surface area (Å²) in [6.45, 7) is 5.25. The summed E-state index contributed by atoms with van der Waals surface area (Å²) < 4.78 is 11.1. The second kappa shape index (κ2) is 8.86. The number of nitrogens with one attached hydrogen (secondary N) is 1. The second-order valence-corrected chi connectivity index (χ2v) is 5.99. The van der Waals surface area contributed by atoms with Crippen LogP contribution < -0.4 is 20.5 Å². The lowest BCUT2D eigenvalue weighted by atomic mass is 10.1. The van der Waals surface area contributed by atoms with Crippen LogP contribution in [0.2, 0.25) is 0 Å². The van der Waals surface area contributed by atoms with Crippen molar-refractivity contribution < 1.29 is 14.3 Å². The van der Waals surface area contributed by atoms with Crippen molar-refractivity contribution in [2.45, 2.75) is 26.8 Å². The maximum absolute atomic E-state index is 12.1. The van der Waals surface area contributed by atoms with Crippen LogP contribution >= 0.6 is 0 Å². The lowest BCUT2D eigenvalue weighted by Crippen LogP contribution is -2.25. The molecular formula is C18H24N4O3. The molecule has 0 aliphatic rings. The SMILES string of the molecule is COc1cc(CNC(=O)c2nccnc2N)ccc1OCCC(C)C. The molecule has 7 nitrogen and oxygen atoms in total. The average Bonchev–Trinajstić information content (AvgIpc) is 2.60. The number of nitrogens with two attached hydrogens (primary N) is 1. The Balaban J connectivity index is 1.98. The molecule has 0 atom stereocenters. The Bertz CT molecular complexity index is 719. The smallest absolute Gasteiger partial charge is 0.273 e. The Morgan fingerprint density at radius 1 is 1.24 bits per heavy atom. The predicted octanol–water partition coefficient (Wildman–Crippen LogP) is 2.42. The molecule has 25 heavy (non-hydrogen) atoms. The van der Waals surface area contributed by atoms with Crippen LogP contribution in [0.15, 0.2) is 30.6 Å². The quantitative estimate of drug-likeness (QED) is 0.763. The van der Waals surface area contributed by atoms with Crippen molar-refractivity contribution in [2.24, 2.45) is 5.92 Å². The summed E-state index contributed by atoms with van der Waals surface area (Å²) in [7, 11) is 1.59. The van der Waals surface area contributed by atoms with E-state index in [1.54, 1.807) is 7.11 Å². The average molecular weight is 344 g/mol. The Morgan fingerprint density at radius 2 is 2.00 bits per heavy atom. The number of aromatic nitrogens is 2. The van der Waals surface area contributed by atoms with Gasteiger partial charge < -0.3 is 20.5 Å². The summed E-state index contributed by atoms with van der Waals surface area (Å²) in [5.74, 6) is 1.63. The van der Waals surface area contributed by atoms with Crippen molar-refractivity contribution in [3.63, 3.8) is 0 Å². The zero-order valence-corrected chi connectivity index (χ0v) is 14.8. The first-order chi connectivity index (χ1) is 12.0. The number of benzene rings is 1. The number of methoxy groups -OCH3 is 1. The molecule has 1 amide bonds. The van der Waals surface area contributed by atoms with Gasteiger partial charge in [-0.05, 0) is 30.0 Å². The van der Waals surface area contributed by atoms with Crippen molar-refractivity contribution in [3.05, 3.63) is 41.9 Å². The van der Waals surface area contributed by atoms with Crippen LogP contribution in [0.25, 0.3) is 0 Å². The maximum atomic E-state index is 12.1. The molecule has 7 heteroatoms. The number of carbonyl (C=O) groups excluding carboxylic acids is 1. The van der Waals surface area contributed by atoms with Crippen molar-refractivity contribution in [1.29, 1.82) is 0 Å². The number of amides is 1. The molecule has 134 valence electrons. The monoisotopic (exact) mass is 344 g/mol. The second-order valence-electron chi connectivity index (χ2n) is 5.99. The van der Waals surface area contributed by atoms with Gasteiger partial charge >= 0.3 is 0 Å². The first-order valence-electron chi connectivity index (χ1n) is 8.15. The van der Waals surface area contributed by atoms with Crippen LogP contribution in [0.5, 0.6) is 11.5 Å². The van der Waals surface area contributed by atoms with Crippen LogP contribution in [0.1, 0.15) is 36.3 Å². The normalized spacial score (nSPS) is 10.6. The van der Waals surface area contributed by atoms with Crippen molar-refractivity contribution in [3.8, 4) is 11.5 Å². The van der Waals surface area contributed by atoms with Gasteiger partial charge in [-0.25, -0.2) is 9.97 Å². The number of rotatable bonds is 8. The van der Waals surface area contributed by atoms with E-state index in [9.17, 15) is 4.79 Å². The minimum Gasteiger partial charge on any atom is -0.493 e. The van der Waals surface area contributed by atoms with Crippen LogP contribution in [-0.2, 0) is 6.54 Å². The van der Waals surface area contributed by atoms with Gasteiger partial charge in [-0.2, -0.15) is 0 Å². The van der Waals surface area contributed by atoms with E-state index in [4.69, 9.17) is 15.2 Å². The zero-order chi connectivity index (χ0) is 18.2.